The maximum absolute atomic E-state index is 12.4. The van der Waals surface area contributed by atoms with Crippen LogP contribution in [0.2, 0.25) is 0 Å². The van der Waals surface area contributed by atoms with Crippen LogP contribution in [0.5, 0.6) is 0 Å². The Hall–Kier alpha value is -0.630. The lowest BCUT2D eigenvalue weighted by Crippen LogP contribution is -2.57. The zero-order chi connectivity index (χ0) is 13.9. The van der Waals surface area contributed by atoms with Crippen LogP contribution >= 0.6 is 0 Å². The van der Waals surface area contributed by atoms with E-state index < -0.39 is 39.5 Å². The van der Waals surface area contributed by atoms with Crippen LogP contribution in [-0.4, -0.2) is 37.4 Å². The first-order chi connectivity index (χ1) is 7.44. The van der Waals surface area contributed by atoms with Crippen molar-refractivity contribution in [1.29, 1.82) is 0 Å². The van der Waals surface area contributed by atoms with Crippen molar-refractivity contribution in [2.75, 3.05) is 11.5 Å². The van der Waals surface area contributed by atoms with Gasteiger partial charge in [0.05, 0.1) is 5.75 Å². The summed E-state index contributed by atoms with van der Waals surface area (Å²) in [6.45, 7) is 2.17. The van der Waals surface area contributed by atoms with E-state index in [-0.39, 0.29) is 5.75 Å². The fourth-order valence-electron chi connectivity index (χ4n) is 1.08. The summed E-state index contributed by atoms with van der Waals surface area (Å²) in [5, 5.41) is 0. The van der Waals surface area contributed by atoms with Crippen LogP contribution in [0.25, 0.3) is 0 Å². The predicted molar refractivity (Wildman–Crippen MR) is 57.2 cm³/mol. The van der Waals surface area contributed by atoms with Crippen LogP contribution in [0.4, 0.5) is 13.2 Å². The summed E-state index contributed by atoms with van der Waals surface area (Å²) in [7, 11) is -3.48. The quantitative estimate of drug-likeness (QED) is 0.786. The predicted octanol–water partition coefficient (Wildman–Crippen LogP) is 1.05. The summed E-state index contributed by atoms with van der Waals surface area (Å²) in [4.78, 5) is 11.3. The number of nitrogens with two attached hydrogens (primary N) is 1. The number of carbonyl (C=O) groups is 1. The molecule has 0 radical (unpaired) electrons. The van der Waals surface area contributed by atoms with Crippen LogP contribution in [0.15, 0.2) is 0 Å². The molecule has 0 saturated heterocycles. The largest absolute Gasteiger partial charge is 0.413 e. The second-order valence-electron chi connectivity index (χ2n) is 4.03. The average Bonchev–Trinajstić information content (AvgIpc) is 2.12. The number of sulfone groups is 1. The molecule has 2 N–H and O–H groups in total. The van der Waals surface area contributed by atoms with Gasteiger partial charge in [0.2, 0.25) is 0 Å². The number of hydrogen-bond donors (Lipinski definition) is 1. The summed E-state index contributed by atoms with van der Waals surface area (Å²) >= 11 is 0. The number of alkyl halides is 3. The Morgan fingerprint density at radius 2 is 1.71 bits per heavy atom. The minimum absolute atomic E-state index is 0.145. The van der Waals surface area contributed by atoms with Crippen molar-refractivity contribution in [2.24, 2.45) is 5.73 Å². The fourth-order valence-corrected chi connectivity index (χ4v) is 2.40. The van der Waals surface area contributed by atoms with Crippen LogP contribution in [0, 0.1) is 0 Å². The van der Waals surface area contributed by atoms with Crippen molar-refractivity contribution in [3.05, 3.63) is 0 Å². The van der Waals surface area contributed by atoms with Crippen molar-refractivity contribution in [2.45, 2.75) is 38.4 Å². The highest BCUT2D eigenvalue weighted by atomic mass is 32.2. The number of halogens is 3. The third kappa shape index (κ3) is 4.63. The molecule has 0 aromatic rings. The van der Waals surface area contributed by atoms with Gasteiger partial charge in [-0.3, -0.25) is 4.79 Å². The van der Waals surface area contributed by atoms with Crippen molar-refractivity contribution < 1.29 is 26.4 Å². The van der Waals surface area contributed by atoms with Crippen molar-refractivity contribution in [3.63, 3.8) is 0 Å². The molecule has 102 valence electrons. The Bertz CT molecular complexity index is 373. The van der Waals surface area contributed by atoms with E-state index in [0.717, 1.165) is 0 Å². The van der Waals surface area contributed by atoms with Gasteiger partial charge in [0.1, 0.15) is 0 Å². The van der Waals surface area contributed by atoms with Gasteiger partial charge < -0.3 is 5.73 Å². The maximum atomic E-state index is 12.4. The highest BCUT2D eigenvalue weighted by Gasteiger charge is 2.53. The highest BCUT2D eigenvalue weighted by molar-refractivity contribution is 7.91. The molecule has 0 amide bonds. The normalized spacial score (nSPS) is 16.6. The molecule has 0 spiro atoms. The van der Waals surface area contributed by atoms with E-state index in [1.807, 2.05) is 0 Å². The van der Waals surface area contributed by atoms with Gasteiger partial charge in [-0.05, 0) is 13.3 Å². The molecule has 0 heterocycles. The highest BCUT2D eigenvalue weighted by Crippen LogP contribution is 2.29. The summed E-state index contributed by atoms with van der Waals surface area (Å²) in [6.07, 6.45) is -5.23. The number of Topliss-reactive ketones (excluding diaryl/α,β-unsaturated/α-hetero) is 1. The molecule has 17 heavy (non-hydrogen) atoms. The summed E-state index contributed by atoms with van der Waals surface area (Å²) in [6, 6.07) is 0. The summed E-state index contributed by atoms with van der Waals surface area (Å²) in [5.74, 6) is -2.06. The van der Waals surface area contributed by atoms with Gasteiger partial charge in [-0.15, -0.1) is 0 Å². The van der Waals surface area contributed by atoms with Crippen LogP contribution in [0.1, 0.15) is 26.7 Å². The van der Waals surface area contributed by atoms with E-state index >= 15 is 0 Å². The first-order valence-corrected chi connectivity index (χ1v) is 6.85. The van der Waals surface area contributed by atoms with Crippen molar-refractivity contribution in [1.82, 2.24) is 0 Å². The second kappa shape index (κ2) is 5.34. The molecule has 0 fully saturated rings. The van der Waals surface area contributed by atoms with E-state index in [4.69, 9.17) is 5.73 Å². The molecule has 0 aliphatic heterocycles. The van der Waals surface area contributed by atoms with Gasteiger partial charge in [-0.2, -0.15) is 13.2 Å². The summed E-state index contributed by atoms with van der Waals surface area (Å²) < 4.78 is 59.5. The lowest BCUT2D eigenvalue weighted by atomic mass is 9.95. The molecule has 0 bridgehead atoms. The number of ketones is 1. The average molecular weight is 275 g/mol. The molecule has 4 nitrogen and oxygen atoms in total. The van der Waals surface area contributed by atoms with Gasteiger partial charge in [-0.25, -0.2) is 8.42 Å². The molecule has 8 heteroatoms. The van der Waals surface area contributed by atoms with Gasteiger partial charge in [0, 0.05) is 12.2 Å². The van der Waals surface area contributed by atoms with Gasteiger partial charge in [0.15, 0.2) is 21.2 Å². The molecule has 0 aromatic heterocycles. The Labute approximate surface area is 98.3 Å². The SMILES string of the molecule is CCCS(=O)(=O)CCC(=O)C(C)(N)C(F)(F)F. The number of carbonyl (C=O) groups excluding carboxylic acids is 1. The molecule has 0 aliphatic carbocycles. The molecule has 0 rings (SSSR count). The van der Waals surface area contributed by atoms with E-state index in [9.17, 15) is 26.4 Å². The molecule has 1 unspecified atom stereocenters. The lowest BCUT2D eigenvalue weighted by molar-refractivity contribution is -0.185. The molecule has 0 aromatic carbocycles. The summed E-state index contributed by atoms with van der Waals surface area (Å²) in [5.41, 5.74) is 1.88. The van der Waals surface area contributed by atoms with Gasteiger partial charge in [0.25, 0.3) is 0 Å². The standard InChI is InChI=1S/C9H16F3NO3S/c1-3-5-17(15,16)6-4-7(14)8(2,13)9(10,11)12/h3-6,13H2,1-2H3. The van der Waals surface area contributed by atoms with E-state index in [2.05, 4.69) is 0 Å². The molecule has 0 aliphatic rings. The van der Waals surface area contributed by atoms with E-state index in [1.165, 1.54) is 0 Å². The maximum Gasteiger partial charge on any atom is 0.413 e. The minimum Gasteiger partial charge on any atom is -0.312 e. The zero-order valence-corrected chi connectivity index (χ0v) is 10.5. The van der Waals surface area contributed by atoms with E-state index in [0.29, 0.717) is 13.3 Å². The van der Waals surface area contributed by atoms with Crippen molar-refractivity contribution >= 4 is 15.6 Å². The van der Waals surface area contributed by atoms with Crippen LogP contribution in [0.3, 0.4) is 0 Å². The van der Waals surface area contributed by atoms with Crippen LogP contribution in [-0.2, 0) is 14.6 Å². The van der Waals surface area contributed by atoms with Gasteiger partial charge in [-0.1, -0.05) is 6.92 Å². The zero-order valence-electron chi connectivity index (χ0n) is 9.67. The number of rotatable bonds is 6. The first-order valence-electron chi connectivity index (χ1n) is 5.03. The molecular weight excluding hydrogens is 259 g/mol. The topological polar surface area (TPSA) is 77.2 Å². The third-order valence-electron chi connectivity index (χ3n) is 2.32. The first kappa shape index (κ1) is 16.4. The van der Waals surface area contributed by atoms with Crippen molar-refractivity contribution in [3.8, 4) is 0 Å². The Morgan fingerprint density at radius 3 is 2.06 bits per heavy atom. The minimum atomic E-state index is -4.88. The Balaban J connectivity index is 4.59. The molecular formula is C9H16F3NO3S. The number of hydrogen-bond acceptors (Lipinski definition) is 4. The lowest BCUT2D eigenvalue weighted by Gasteiger charge is -2.25. The Morgan fingerprint density at radius 1 is 1.24 bits per heavy atom. The van der Waals surface area contributed by atoms with Crippen LogP contribution < -0.4 is 5.73 Å². The molecule has 0 saturated carbocycles. The van der Waals surface area contributed by atoms with E-state index in [1.54, 1.807) is 6.92 Å². The Kier molecular flexibility index (Phi) is 5.15. The van der Waals surface area contributed by atoms with Gasteiger partial charge >= 0.3 is 6.18 Å². The monoisotopic (exact) mass is 275 g/mol. The fraction of sp³-hybridized carbons (Fsp3) is 0.889. The molecule has 1 atom stereocenters. The smallest absolute Gasteiger partial charge is 0.312 e. The second-order valence-corrected chi connectivity index (χ2v) is 6.33. The third-order valence-corrected chi connectivity index (χ3v) is 4.18.